The molecule has 0 N–H and O–H groups in total. The first-order valence-electron chi connectivity index (χ1n) is 11.2. The van der Waals surface area contributed by atoms with Gasteiger partial charge in [-0.15, -0.1) is 0 Å². The highest BCUT2D eigenvalue weighted by Gasteiger charge is 2.38. The van der Waals surface area contributed by atoms with Gasteiger partial charge in [0.15, 0.2) is 17.3 Å². The Bertz CT molecular complexity index is 1180. The number of Topliss-reactive ketones (excluding diaryl/α,β-unsaturated/α-hetero) is 1. The largest absolute Gasteiger partial charge is 0.490 e. The lowest BCUT2D eigenvalue weighted by molar-refractivity contribution is -0.136. The molecule has 3 rings (SSSR count). The van der Waals surface area contributed by atoms with Gasteiger partial charge in [0.1, 0.15) is 0 Å². The number of ketones is 1. The molecule has 1 amide bonds. The summed E-state index contributed by atoms with van der Waals surface area (Å²) in [4.78, 5) is 39.5. The number of hydrogen-bond donors (Lipinski definition) is 0. The summed E-state index contributed by atoms with van der Waals surface area (Å²) in [5, 5.41) is 0. The van der Waals surface area contributed by atoms with E-state index in [-0.39, 0.29) is 22.8 Å². The van der Waals surface area contributed by atoms with E-state index in [1.807, 2.05) is 13.8 Å². The molecule has 0 saturated heterocycles. The lowest BCUT2D eigenvalue weighted by Crippen LogP contribution is -2.24. The van der Waals surface area contributed by atoms with E-state index in [0.29, 0.717) is 47.2 Å². The number of carbonyl (C=O) groups excluding carboxylic acids is 3. The number of esters is 1. The van der Waals surface area contributed by atoms with Crippen molar-refractivity contribution in [1.82, 2.24) is 0 Å². The summed E-state index contributed by atoms with van der Waals surface area (Å²) in [6.45, 7) is 8.05. The van der Waals surface area contributed by atoms with Gasteiger partial charge in [-0.1, -0.05) is 25.1 Å². The average Bonchev–Trinajstić information content (AvgIpc) is 3.07. The van der Waals surface area contributed by atoms with Gasteiger partial charge in [-0.2, -0.15) is 0 Å². The second kappa shape index (κ2) is 10.8. The molecule has 2 aromatic rings. The summed E-state index contributed by atoms with van der Waals surface area (Å²) in [5.74, 6) is 0.0549. The number of carbonyl (C=O) groups is 3. The fourth-order valence-electron chi connectivity index (χ4n) is 3.74. The van der Waals surface area contributed by atoms with E-state index in [1.165, 1.54) is 18.9 Å². The van der Waals surface area contributed by atoms with Gasteiger partial charge in [0.05, 0.1) is 31.5 Å². The quantitative estimate of drug-likeness (QED) is 0.297. The van der Waals surface area contributed by atoms with Gasteiger partial charge in [0.25, 0.3) is 5.91 Å². The predicted molar refractivity (Wildman–Crippen MR) is 130 cm³/mol. The highest BCUT2D eigenvalue weighted by atomic mass is 16.5. The van der Waals surface area contributed by atoms with Gasteiger partial charge in [-0.3, -0.25) is 14.5 Å². The monoisotopic (exact) mass is 463 g/mol. The van der Waals surface area contributed by atoms with Gasteiger partial charge < -0.3 is 14.2 Å². The van der Waals surface area contributed by atoms with Crippen LogP contribution in [0.5, 0.6) is 11.5 Å². The Morgan fingerprint density at radius 1 is 1.03 bits per heavy atom. The fourth-order valence-corrected chi connectivity index (χ4v) is 3.74. The molecule has 0 aromatic heterocycles. The van der Waals surface area contributed by atoms with Crippen LogP contribution in [0.2, 0.25) is 0 Å². The normalized spacial score (nSPS) is 14.6. The van der Waals surface area contributed by atoms with Crippen molar-refractivity contribution in [2.24, 2.45) is 0 Å². The molecule has 0 unspecified atom stereocenters. The maximum absolute atomic E-state index is 13.5. The zero-order valence-corrected chi connectivity index (χ0v) is 20.1. The summed E-state index contributed by atoms with van der Waals surface area (Å²) in [7, 11) is 1.27. The maximum atomic E-state index is 13.5. The standard InChI is InChI=1S/C27H29NO6/c1-6-13-34-23-12-11-19(15-24(23)33-7-2)14-22-25(27(31)32-5)17(3)28(26(22)30)21-10-8-9-20(16-21)18(4)29/h8-12,14-16H,6-7,13H2,1-5H3/b22-14-. The van der Waals surface area contributed by atoms with Crippen LogP contribution in [0.4, 0.5) is 5.69 Å². The van der Waals surface area contributed by atoms with E-state index in [4.69, 9.17) is 14.2 Å². The van der Waals surface area contributed by atoms with Gasteiger partial charge in [0, 0.05) is 16.9 Å². The minimum Gasteiger partial charge on any atom is -0.490 e. The number of ether oxygens (including phenoxy) is 3. The van der Waals surface area contributed by atoms with Crippen LogP contribution in [0.1, 0.15) is 50.0 Å². The second-order valence-electron chi connectivity index (χ2n) is 7.74. The first kappa shape index (κ1) is 24.8. The van der Waals surface area contributed by atoms with Crippen molar-refractivity contribution in [2.75, 3.05) is 25.2 Å². The van der Waals surface area contributed by atoms with Gasteiger partial charge >= 0.3 is 5.97 Å². The van der Waals surface area contributed by atoms with Crippen molar-refractivity contribution >= 4 is 29.4 Å². The number of amides is 1. The summed E-state index contributed by atoms with van der Waals surface area (Å²) in [6.07, 6.45) is 2.50. The summed E-state index contributed by atoms with van der Waals surface area (Å²) >= 11 is 0. The zero-order valence-electron chi connectivity index (χ0n) is 20.1. The number of nitrogens with zero attached hydrogens (tertiary/aromatic N) is 1. The van der Waals surface area contributed by atoms with Crippen LogP contribution in [0, 0.1) is 0 Å². The van der Waals surface area contributed by atoms with Crippen LogP contribution in [0.3, 0.4) is 0 Å². The van der Waals surface area contributed by atoms with Crippen LogP contribution in [-0.4, -0.2) is 38.0 Å². The second-order valence-corrected chi connectivity index (χ2v) is 7.74. The zero-order chi connectivity index (χ0) is 24.8. The van der Waals surface area contributed by atoms with Crippen molar-refractivity contribution in [3.63, 3.8) is 0 Å². The first-order valence-corrected chi connectivity index (χ1v) is 11.2. The van der Waals surface area contributed by atoms with E-state index in [1.54, 1.807) is 55.5 Å². The lowest BCUT2D eigenvalue weighted by Gasteiger charge is -2.18. The van der Waals surface area contributed by atoms with Gasteiger partial charge in [0.2, 0.25) is 0 Å². The Hall–Kier alpha value is -3.87. The molecule has 0 bridgehead atoms. The fraction of sp³-hybridized carbons (Fsp3) is 0.296. The van der Waals surface area contributed by atoms with E-state index >= 15 is 0 Å². The highest BCUT2D eigenvalue weighted by Crippen LogP contribution is 2.37. The van der Waals surface area contributed by atoms with Crippen molar-refractivity contribution in [3.05, 3.63) is 70.4 Å². The first-order chi connectivity index (χ1) is 16.3. The third-order valence-electron chi connectivity index (χ3n) is 5.34. The van der Waals surface area contributed by atoms with E-state index in [0.717, 1.165) is 6.42 Å². The molecule has 0 saturated carbocycles. The van der Waals surface area contributed by atoms with Crippen LogP contribution >= 0.6 is 0 Å². The summed E-state index contributed by atoms with van der Waals surface area (Å²) in [6, 6.07) is 12.1. The molecule has 0 radical (unpaired) electrons. The Kier molecular flexibility index (Phi) is 7.89. The van der Waals surface area contributed by atoms with E-state index in [2.05, 4.69) is 0 Å². The van der Waals surface area contributed by atoms with Crippen molar-refractivity contribution in [3.8, 4) is 11.5 Å². The van der Waals surface area contributed by atoms with Gasteiger partial charge in [-0.05, 0) is 63.1 Å². The molecular weight excluding hydrogens is 434 g/mol. The minimum atomic E-state index is -0.616. The van der Waals surface area contributed by atoms with E-state index < -0.39 is 5.97 Å². The van der Waals surface area contributed by atoms with Crippen LogP contribution < -0.4 is 14.4 Å². The Balaban J connectivity index is 2.09. The molecule has 7 heteroatoms. The van der Waals surface area contributed by atoms with Crippen LogP contribution in [-0.2, 0) is 14.3 Å². The molecule has 0 aliphatic carbocycles. The molecule has 1 aliphatic rings. The number of benzene rings is 2. The summed E-state index contributed by atoms with van der Waals surface area (Å²) < 4.78 is 16.5. The predicted octanol–water partition coefficient (Wildman–Crippen LogP) is 4.95. The molecule has 1 aliphatic heterocycles. The van der Waals surface area contributed by atoms with Gasteiger partial charge in [-0.25, -0.2) is 4.79 Å². The van der Waals surface area contributed by atoms with Crippen molar-refractivity contribution in [1.29, 1.82) is 0 Å². The topological polar surface area (TPSA) is 82.1 Å². The highest BCUT2D eigenvalue weighted by molar-refractivity contribution is 6.24. The Morgan fingerprint density at radius 2 is 1.79 bits per heavy atom. The molecule has 0 fully saturated rings. The molecule has 0 atom stereocenters. The molecule has 2 aromatic carbocycles. The number of methoxy groups -OCH3 is 1. The summed E-state index contributed by atoms with van der Waals surface area (Å²) in [5.41, 5.74) is 2.44. The van der Waals surface area contributed by atoms with E-state index in [9.17, 15) is 14.4 Å². The SMILES string of the molecule is CCCOc1ccc(/C=C2\C(=O)N(c3cccc(C(C)=O)c3)C(C)=C2C(=O)OC)cc1OCC. The molecule has 34 heavy (non-hydrogen) atoms. The maximum Gasteiger partial charge on any atom is 0.340 e. The Morgan fingerprint density at radius 3 is 2.44 bits per heavy atom. The minimum absolute atomic E-state index is 0.118. The number of rotatable bonds is 9. The molecular formula is C27H29NO6. The number of allylic oxidation sites excluding steroid dienone is 1. The molecule has 7 nitrogen and oxygen atoms in total. The smallest absolute Gasteiger partial charge is 0.340 e. The van der Waals surface area contributed by atoms with Crippen LogP contribution in [0.15, 0.2) is 59.3 Å². The number of hydrogen-bond acceptors (Lipinski definition) is 6. The molecule has 178 valence electrons. The van der Waals surface area contributed by atoms with Crippen molar-refractivity contribution < 1.29 is 28.6 Å². The lowest BCUT2D eigenvalue weighted by atomic mass is 10.0. The third kappa shape index (κ3) is 5.03. The Labute approximate surface area is 199 Å². The average molecular weight is 464 g/mol. The molecule has 1 heterocycles. The number of anilines is 1. The van der Waals surface area contributed by atoms with Crippen molar-refractivity contribution in [2.45, 2.75) is 34.1 Å². The third-order valence-corrected chi connectivity index (χ3v) is 5.34. The van der Waals surface area contributed by atoms with Crippen LogP contribution in [0.25, 0.3) is 6.08 Å². The molecule has 0 spiro atoms.